The fourth-order valence-corrected chi connectivity index (χ4v) is 2.07. The van der Waals surface area contributed by atoms with Crippen molar-refractivity contribution < 1.29 is 4.79 Å². The summed E-state index contributed by atoms with van der Waals surface area (Å²) in [6.45, 7) is 7.01. The molecule has 4 heteroatoms. The minimum Gasteiger partial charge on any atom is -0.387 e. The average Bonchev–Trinajstić information content (AvgIpc) is 2.25. The Bertz CT molecular complexity index is 438. The summed E-state index contributed by atoms with van der Waals surface area (Å²) in [5, 5.41) is 3.59. The summed E-state index contributed by atoms with van der Waals surface area (Å²) in [5.41, 5.74) is 1.48. The van der Waals surface area contributed by atoms with Gasteiger partial charge in [-0.2, -0.15) is 0 Å². The summed E-state index contributed by atoms with van der Waals surface area (Å²) in [6, 6.07) is 5.29. The number of benzene rings is 1. The smallest absolute Gasteiger partial charge is 0.255 e. The van der Waals surface area contributed by atoms with E-state index in [4.69, 9.17) is 11.6 Å². The van der Waals surface area contributed by atoms with Crippen LogP contribution in [0.25, 0.3) is 0 Å². The van der Waals surface area contributed by atoms with E-state index in [2.05, 4.69) is 26.1 Å². The summed E-state index contributed by atoms with van der Waals surface area (Å²) >= 11 is 5.96. The molecular formula is C14H21ClN2O. The monoisotopic (exact) mass is 268 g/mol. The van der Waals surface area contributed by atoms with Crippen LogP contribution in [-0.4, -0.2) is 31.4 Å². The molecule has 0 aliphatic carbocycles. The fraction of sp³-hybridized carbons (Fsp3) is 0.500. The Morgan fingerprint density at radius 1 is 1.39 bits per heavy atom. The van der Waals surface area contributed by atoms with Gasteiger partial charge in [-0.1, -0.05) is 32.4 Å². The third kappa shape index (κ3) is 3.91. The molecule has 3 nitrogen and oxygen atoms in total. The van der Waals surface area contributed by atoms with E-state index in [1.165, 1.54) is 0 Å². The van der Waals surface area contributed by atoms with Crippen LogP contribution in [0, 0.1) is 5.41 Å². The minimum absolute atomic E-state index is 0.0169. The van der Waals surface area contributed by atoms with Crippen LogP contribution in [0.2, 0.25) is 5.02 Å². The molecule has 1 aromatic carbocycles. The van der Waals surface area contributed by atoms with E-state index in [0.29, 0.717) is 17.1 Å². The van der Waals surface area contributed by atoms with Crippen molar-refractivity contribution in [2.45, 2.75) is 20.8 Å². The minimum atomic E-state index is -0.0169. The highest BCUT2D eigenvalue weighted by atomic mass is 35.5. The lowest BCUT2D eigenvalue weighted by molar-refractivity contribution is 0.0746. The van der Waals surface area contributed by atoms with Crippen LogP contribution < -0.4 is 5.32 Å². The highest BCUT2D eigenvalue weighted by Gasteiger charge is 2.20. The lowest BCUT2D eigenvalue weighted by Crippen LogP contribution is -2.34. The summed E-state index contributed by atoms with van der Waals surface area (Å²) in [6.07, 6.45) is 0. The average molecular weight is 269 g/mol. The van der Waals surface area contributed by atoms with Crippen LogP contribution in [0.3, 0.4) is 0 Å². The Kier molecular flexibility index (Phi) is 4.63. The maximum absolute atomic E-state index is 12.4. The van der Waals surface area contributed by atoms with Crippen molar-refractivity contribution in [2.75, 3.05) is 26.0 Å². The molecule has 0 fully saturated rings. The standard InChI is InChI=1S/C14H21ClN2O/c1-14(2,3)9-17(5)13(18)11-8-10(15)6-7-12(11)16-4/h6-8,16H,9H2,1-5H3. The number of amides is 1. The van der Waals surface area contributed by atoms with Crippen LogP contribution in [0.1, 0.15) is 31.1 Å². The first kappa shape index (κ1) is 14.8. The molecule has 1 aromatic rings. The first-order chi connectivity index (χ1) is 8.24. The van der Waals surface area contributed by atoms with Gasteiger partial charge in [0.05, 0.1) is 5.56 Å². The van der Waals surface area contributed by atoms with Gasteiger partial charge >= 0.3 is 0 Å². The van der Waals surface area contributed by atoms with E-state index in [1.54, 1.807) is 24.1 Å². The fourth-order valence-electron chi connectivity index (χ4n) is 1.90. The highest BCUT2D eigenvalue weighted by molar-refractivity contribution is 6.31. The Morgan fingerprint density at radius 3 is 2.50 bits per heavy atom. The molecule has 0 atom stereocenters. The predicted octanol–water partition coefficient (Wildman–Crippen LogP) is 3.50. The van der Waals surface area contributed by atoms with Gasteiger partial charge in [-0.15, -0.1) is 0 Å². The van der Waals surface area contributed by atoms with Crippen molar-refractivity contribution in [3.63, 3.8) is 0 Å². The number of carbonyl (C=O) groups excluding carboxylic acids is 1. The van der Waals surface area contributed by atoms with Crippen LogP contribution in [0.5, 0.6) is 0 Å². The van der Waals surface area contributed by atoms with Gasteiger partial charge in [0.2, 0.25) is 0 Å². The molecule has 0 saturated carbocycles. The van der Waals surface area contributed by atoms with Gasteiger partial charge in [-0.25, -0.2) is 0 Å². The van der Waals surface area contributed by atoms with Crippen molar-refractivity contribution in [1.82, 2.24) is 4.90 Å². The molecule has 1 N–H and O–H groups in total. The molecule has 0 spiro atoms. The molecular weight excluding hydrogens is 248 g/mol. The van der Waals surface area contributed by atoms with Gasteiger partial charge < -0.3 is 10.2 Å². The molecule has 0 aliphatic heterocycles. The Labute approximate surface area is 114 Å². The largest absolute Gasteiger partial charge is 0.387 e. The number of anilines is 1. The SMILES string of the molecule is CNc1ccc(Cl)cc1C(=O)N(C)CC(C)(C)C. The zero-order valence-corrected chi connectivity index (χ0v) is 12.4. The molecule has 1 amide bonds. The van der Waals surface area contributed by atoms with Crippen molar-refractivity contribution in [1.29, 1.82) is 0 Å². The predicted molar refractivity (Wildman–Crippen MR) is 77.4 cm³/mol. The second kappa shape index (κ2) is 5.61. The van der Waals surface area contributed by atoms with Crippen LogP contribution in [0.4, 0.5) is 5.69 Å². The van der Waals surface area contributed by atoms with E-state index in [-0.39, 0.29) is 11.3 Å². The van der Waals surface area contributed by atoms with Gasteiger partial charge in [0, 0.05) is 31.4 Å². The topological polar surface area (TPSA) is 32.3 Å². The quantitative estimate of drug-likeness (QED) is 0.910. The normalized spacial score (nSPS) is 11.2. The second-order valence-electron chi connectivity index (χ2n) is 5.66. The van der Waals surface area contributed by atoms with Crippen LogP contribution in [0.15, 0.2) is 18.2 Å². The molecule has 100 valence electrons. The number of rotatable bonds is 3. The second-order valence-corrected chi connectivity index (χ2v) is 6.10. The molecule has 0 aliphatic rings. The molecule has 1 rings (SSSR count). The van der Waals surface area contributed by atoms with Gasteiger partial charge in [-0.3, -0.25) is 4.79 Å². The summed E-state index contributed by atoms with van der Waals surface area (Å²) < 4.78 is 0. The van der Waals surface area contributed by atoms with Crippen molar-refractivity contribution >= 4 is 23.2 Å². The number of hydrogen-bond acceptors (Lipinski definition) is 2. The maximum Gasteiger partial charge on any atom is 0.255 e. The molecule has 0 unspecified atom stereocenters. The molecule has 0 radical (unpaired) electrons. The third-order valence-corrected chi connectivity index (χ3v) is 2.77. The summed E-state index contributed by atoms with van der Waals surface area (Å²) in [5.74, 6) is -0.0169. The first-order valence-corrected chi connectivity index (χ1v) is 6.35. The van der Waals surface area contributed by atoms with Gasteiger partial charge in [-0.05, 0) is 23.6 Å². The van der Waals surface area contributed by atoms with E-state index in [9.17, 15) is 4.79 Å². The number of nitrogens with one attached hydrogen (secondary N) is 1. The molecule has 18 heavy (non-hydrogen) atoms. The number of nitrogens with zero attached hydrogens (tertiary/aromatic N) is 1. The maximum atomic E-state index is 12.4. The van der Waals surface area contributed by atoms with E-state index < -0.39 is 0 Å². The molecule has 0 heterocycles. The third-order valence-electron chi connectivity index (χ3n) is 2.54. The summed E-state index contributed by atoms with van der Waals surface area (Å²) in [4.78, 5) is 14.1. The number of hydrogen-bond donors (Lipinski definition) is 1. The van der Waals surface area contributed by atoms with Crippen molar-refractivity contribution in [3.8, 4) is 0 Å². The highest BCUT2D eigenvalue weighted by Crippen LogP contribution is 2.23. The van der Waals surface area contributed by atoms with Gasteiger partial charge in [0.1, 0.15) is 0 Å². The van der Waals surface area contributed by atoms with Gasteiger partial charge in [0.25, 0.3) is 5.91 Å². The zero-order chi connectivity index (χ0) is 13.9. The first-order valence-electron chi connectivity index (χ1n) is 5.97. The van der Waals surface area contributed by atoms with Crippen LogP contribution >= 0.6 is 11.6 Å². The van der Waals surface area contributed by atoms with Crippen molar-refractivity contribution in [2.24, 2.45) is 5.41 Å². The Morgan fingerprint density at radius 2 is 2.00 bits per heavy atom. The van der Waals surface area contributed by atoms with Gasteiger partial charge in [0.15, 0.2) is 0 Å². The zero-order valence-electron chi connectivity index (χ0n) is 11.7. The lowest BCUT2D eigenvalue weighted by atomic mass is 9.96. The molecule has 0 saturated heterocycles. The summed E-state index contributed by atoms with van der Waals surface area (Å²) in [7, 11) is 3.61. The number of halogens is 1. The van der Waals surface area contributed by atoms with E-state index in [0.717, 1.165) is 5.69 Å². The molecule has 0 aromatic heterocycles. The Balaban J connectivity index is 2.99. The lowest BCUT2D eigenvalue weighted by Gasteiger charge is -2.27. The molecule has 0 bridgehead atoms. The van der Waals surface area contributed by atoms with E-state index in [1.807, 2.05) is 13.1 Å². The van der Waals surface area contributed by atoms with Crippen molar-refractivity contribution in [3.05, 3.63) is 28.8 Å². The van der Waals surface area contributed by atoms with E-state index >= 15 is 0 Å². The Hall–Kier alpha value is -1.22. The number of carbonyl (C=O) groups is 1. The van der Waals surface area contributed by atoms with Crippen LogP contribution in [-0.2, 0) is 0 Å².